The summed E-state index contributed by atoms with van der Waals surface area (Å²) >= 11 is 4.86. The van der Waals surface area contributed by atoms with Gasteiger partial charge in [0, 0.05) is 12.7 Å². The zero-order valence-electron chi connectivity index (χ0n) is 8.66. The van der Waals surface area contributed by atoms with Gasteiger partial charge in [0.1, 0.15) is 0 Å². The van der Waals surface area contributed by atoms with Gasteiger partial charge < -0.3 is 10.6 Å². The number of thiocarbonyl (C=S) groups is 1. The molecule has 76 valence electrons. The van der Waals surface area contributed by atoms with Gasteiger partial charge in [-0.3, -0.25) is 0 Å². The molecule has 0 amide bonds. The number of likely N-dealkylation sites (N-methyl/N-ethyl adjacent to an activating group) is 1. The quantitative estimate of drug-likeness (QED) is 0.767. The lowest BCUT2D eigenvalue weighted by Gasteiger charge is -2.18. The Kier molecular flexibility index (Phi) is 3.89. The van der Waals surface area contributed by atoms with Gasteiger partial charge in [-0.05, 0) is 24.1 Å². The molecule has 2 N–H and O–H groups in total. The summed E-state index contributed by atoms with van der Waals surface area (Å²) in [4.78, 5) is 2.56. The topological polar surface area (TPSA) is 29.3 Å². The molecule has 3 heteroatoms. The number of aryl methyl sites for hydroxylation is 1. The van der Waals surface area contributed by atoms with Crippen LogP contribution >= 0.6 is 12.2 Å². The molecule has 0 unspecified atom stereocenters. The van der Waals surface area contributed by atoms with Crippen molar-refractivity contribution in [1.29, 1.82) is 0 Å². The van der Waals surface area contributed by atoms with Crippen LogP contribution in [0.1, 0.15) is 12.5 Å². The minimum atomic E-state index is 0.520. The van der Waals surface area contributed by atoms with Crippen LogP contribution in [0.25, 0.3) is 0 Å². The summed E-state index contributed by atoms with van der Waals surface area (Å²) in [5, 5.41) is 0. The maximum absolute atomic E-state index is 5.48. The average molecular weight is 208 g/mol. The predicted molar refractivity (Wildman–Crippen MR) is 65.9 cm³/mol. The molecule has 14 heavy (non-hydrogen) atoms. The Morgan fingerprint density at radius 2 is 1.93 bits per heavy atom. The van der Waals surface area contributed by atoms with E-state index < -0.39 is 0 Å². The second kappa shape index (κ2) is 4.96. The summed E-state index contributed by atoms with van der Waals surface area (Å²) in [5.41, 5.74) is 7.97. The molecular weight excluding hydrogens is 192 g/mol. The van der Waals surface area contributed by atoms with Crippen LogP contribution in [0.4, 0.5) is 5.69 Å². The standard InChI is InChI=1S/C11H16N2S/c1-3-9-4-6-10(7-5-9)13(2)8-11(12)14/h4-7H,3,8H2,1-2H3,(H2,12,14). The number of hydrogen-bond donors (Lipinski definition) is 1. The molecule has 0 saturated carbocycles. The SMILES string of the molecule is CCc1ccc(N(C)CC(N)=S)cc1. The van der Waals surface area contributed by atoms with Gasteiger partial charge in [-0.15, -0.1) is 0 Å². The number of hydrogen-bond acceptors (Lipinski definition) is 2. The van der Waals surface area contributed by atoms with Crippen molar-refractivity contribution in [3.05, 3.63) is 29.8 Å². The van der Waals surface area contributed by atoms with Gasteiger partial charge in [0.2, 0.25) is 0 Å². The zero-order chi connectivity index (χ0) is 10.6. The zero-order valence-corrected chi connectivity index (χ0v) is 9.47. The van der Waals surface area contributed by atoms with Gasteiger partial charge in [0.15, 0.2) is 0 Å². The van der Waals surface area contributed by atoms with Crippen LogP contribution in [0, 0.1) is 0 Å². The summed E-state index contributed by atoms with van der Waals surface area (Å²) < 4.78 is 0. The fourth-order valence-electron chi connectivity index (χ4n) is 1.31. The largest absolute Gasteiger partial charge is 0.392 e. The molecule has 1 rings (SSSR count). The summed E-state index contributed by atoms with van der Waals surface area (Å²) in [5.74, 6) is 0. The van der Waals surface area contributed by atoms with E-state index in [4.69, 9.17) is 18.0 Å². The molecule has 0 aliphatic heterocycles. The molecule has 0 atom stereocenters. The first-order chi connectivity index (χ1) is 6.63. The van der Waals surface area contributed by atoms with Crippen molar-refractivity contribution in [3.8, 4) is 0 Å². The lowest BCUT2D eigenvalue weighted by molar-refractivity contribution is 1.05. The fourth-order valence-corrected chi connectivity index (χ4v) is 1.50. The van der Waals surface area contributed by atoms with Crippen molar-refractivity contribution in [3.63, 3.8) is 0 Å². The van der Waals surface area contributed by atoms with Gasteiger partial charge in [0.05, 0.1) is 11.5 Å². The van der Waals surface area contributed by atoms with Crippen LogP contribution in [0.15, 0.2) is 24.3 Å². The van der Waals surface area contributed by atoms with E-state index in [0.29, 0.717) is 11.5 Å². The Balaban J connectivity index is 2.71. The molecule has 1 aromatic rings. The fraction of sp³-hybridized carbons (Fsp3) is 0.364. The van der Waals surface area contributed by atoms with E-state index in [1.165, 1.54) is 5.56 Å². The normalized spacial score (nSPS) is 9.86. The minimum Gasteiger partial charge on any atom is -0.392 e. The Hall–Kier alpha value is -1.09. The van der Waals surface area contributed by atoms with Crippen LogP contribution in [0.2, 0.25) is 0 Å². The highest BCUT2D eigenvalue weighted by molar-refractivity contribution is 7.80. The number of anilines is 1. The minimum absolute atomic E-state index is 0.520. The first-order valence-electron chi connectivity index (χ1n) is 4.72. The van der Waals surface area contributed by atoms with E-state index in [1.807, 2.05) is 11.9 Å². The van der Waals surface area contributed by atoms with Crippen LogP contribution in [-0.4, -0.2) is 18.6 Å². The van der Waals surface area contributed by atoms with Crippen molar-refractivity contribution in [1.82, 2.24) is 0 Å². The second-order valence-corrected chi connectivity index (χ2v) is 3.87. The van der Waals surface area contributed by atoms with Crippen LogP contribution in [-0.2, 0) is 6.42 Å². The van der Waals surface area contributed by atoms with Crippen molar-refractivity contribution in [2.75, 3.05) is 18.5 Å². The van der Waals surface area contributed by atoms with E-state index in [9.17, 15) is 0 Å². The molecule has 0 aromatic heterocycles. The molecule has 0 heterocycles. The lowest BCUT2D eigenvalue weighted by atomic mass is 10.1. The Bertz CT molecular complexity index is 306. The van der Waals surface area contributed by atoms with E-state index in [1.54, 1.807) is 0 Å². The van der Waals surface area contributed by atoms with Crippen molar-refractivity contribution in [2.45, 2.75) is 13.3 Å². The number of benzene rings is 1. The molecule has 0 bridgehead atoms. The summed E-state index contributed by atoms with van der Waals surface area (Å²) in [6.45, 7) is 2.77. The van der Waals surface area contributed by atoms with E-state index in [-0.39, 0.29) is 0 Å². The Labute approximate surface area is 90.7 Å². The molecule has 0 fully saturated rings. The maximum Gasteiger partial charge on any atom is 0.0923 e. The first kappa shape index (κ1) is 11.0. The molecule has 0 saturated heterocycles. The third-order valence-corrected chi connectivity index (χ3v) is 2.31. The Morgan fingerprint density at radius 3 is 2.36 bits per heavy atom. The third kappa shape index (κ3) is 3.00. The monoisotopic (exact) mass is 208 g/mol. The van der Waals surface area contributed by atoms with Crippen molar-refractivity contribution in [2.24, 2.45) is 5.73 Å². The predicted octanol–water partition coefficient (Wildman–Crippen LogP) is 1.97. The van der Waals surface area contributed by atoms with Gasteiger partial charge in [-0.25, -0.2) is 0 Å². The van der Waals surface area contributed by atoms with Gasteiger partial charge in [-0.1, -0.05) is 31.3 Å². The van der Waals surface area contributed by atoms with Gasteiger partial charge >= 0.3 is 0 Å². The second-order valence-electron chi connectivity index (χ2n) is 3.34. The summed E-state index contributed by atoms with van der Waals surface area (Å²) in [6, 6.07) is 8.45. The molecule has 2 nitrogen and oxygen atoms in total. The first-order valence-corrected chi connectivity index (χ1v) is 5.12. The van der Waals surface area contributed by atoms with Crippen LogP contribution < -0.4 is 10.6 Å². The van der Waals surface area contributed by atoms with Gasteiger partial charge in [-0.2, -0.15) is 0 Å². The van der Waals surface area contributed by atoms with Gasteiger partial charge in [0.25, 0.3) is 0 Å². The lowest BCUT2D eigenvalue weighted by Crippen LogP contribution is -2.29. The van der Waals surface area contributed by atoms with Crippen molar-refractivity contribution >= 4 is 22.9 Å². The molecular formula is C11H16N2S. The highest BCUT2D eigenvalue weighted by atomic mass is 32.1. The average Bonchev–Trinajstić information content (AvgIpc) is 2.17. The number of nitrogens with zero attached hydrogens (tertiary/aromatic N) is 1. The molecule has 0 aliphatic rings. The van der Waals surface area contributed by atoms with Crippen LogP contribution in [0.3, 0.4) is 0 Å². The molecule has 1 aromatic carbocycles. The highest BCUT2D eigenvalue weighted by Crippen LogP contribution is 2.13. The van der Waals surface area contributed by atoms with E-state index in [0.717, 1.165) is 12.1 Å². The highest BCUT2D eigenvalue weighted by Gasteiger charge is 2.01. The third-order valence-electron chi connectivity index (χ3n) is 2.18. The summed E-state index contributed by atoms with van der Waals surface area (Å²) in [6.07, 6.45) is 1.07. The molecule has 0 radical (unpaired) electrons. The number of nitrogens with two attached hydrogens (primary N) is 1. The maximum atomic E-state index is 5.48. The molecule has 0 aliphatic carbocycles. The van der Waals surface area contributed by atoms with E-state index in [2.05, 4.69) is 31.2 Å². The smallest absolute Gasteiger partial charge is 0.0923 e. The number of rotatable bonds is 4. The van der Waals surface area contributed by atoms with Crippen LogP contribution in [0.5, 0.6) is 0 Å². The van der Waals surface area contributed by atoms with Crippen molar-refractivity contribution < 1.29 is 0 Å². The Morgan fingerprint density at radius 1 is 1.36 bits per heavy atom. The van der Waals surface area contributed by atoms with E-state index >= 15 is 0 Å². The summed E-state index contributed by atoms with van der Waals surface area (Å²) in [7, 11) is 1.99. The molecule has 0 spiro atoms.